The van der Waals surface area contributed by atoms with Crippen molar-refractivity contribution in [3.05, 3.63) is 41.8 Å². The van der Waals surface area contributed by atoms with Crippen LogP contribution in [0.25, 0.3) is 22.3 Å². The summed E-state index contributed by atoms with van der Waals surface area (Å²) < 4.78 is 83.6. The number of hydrogen-bond donors (Lipinski definition) is 3. The maximum atomic E-state index is 14.9. The van der Waals surface area contributed by atoms with Crippen LogP contribution in [0.5, 0.6) is 0 Å². The van der Waals surface area contributed by atoms with E-state index in [0.29, 0.717) is 28.2 Å². The standard InChI is InChI=1S/C30H38F4N6O4S/c1-17(2)21-15-24(18-6-11-23(22(31)14-18)40-45(42,43)13-12-30(32,33)34)38-25-16-35-27(39-26(21)25)36-19-7-9-20(10-8-19)37-28(41)44-29(3,4)5/h6,11,14-17,19-20,40H,7-10,12-13H2,1-5H3,(H,37,41)(H,35,36,39)/t19-,20-. The first-order valence-electron chi connectivity index (χ1n) is 14.7. The third kappa shape index (κ3) is 9.87. The summed E-state index contributed by atoms with van der Waals surface area (Å²) in [5.74, 6) is -1.72. The van der Waals surface area contributed by atoms with Gasteiger partial charge in [0.25, 0.3) is 0 Å². The number of nitrogens with zero attached hydrogens (tertiary/aromatic N) is 3. The second-order valence-electron chi connectivity index (χ2n) is 12.5. The van der Waals surface area contributed by atoms with Crippen LogP contribution in [0.4, 0.5) is 34.0 Å². The number of aromatic nitrogens is 3. The lowest BCUT2D eigenvalue weighted by atomic mass is 9.91. The monoisotopic (exact) mass is 654 g/mol. The van der Waals surface area contributed by atoms with E-state index in [9.17, 15) is 30.8 Å². The smallest absolute Gasteiger partial charge is 0.407 e. The maximum Gasteiger partial charge on any atom is 0.407 e. The summed E-state index contributed by atoms with van der Waals surface area (Å²) in [6.45, 7) is 9.42. The van der Waals surface area contributed by atoms with Crippen molar-refractivity contribution >= 4 is 38.8 Å². The van der Waals surface area contributed by atoms with E-state index in [2.05, 4.69) is 20.6 Å². The van der Waals surface area contributed by atoms with Crippen molar-refractivity contribution in [2.24, 2.45) is 0 Å². The molecule has 0 saturated heterocycles. The Hall–Kier alpha value is -3.75. The predicted octanol–water partition coefficient (Wildman–Crippen LogP) is 6.90. The highest BCUT2D eigenvalue weighted by Crippen LogP contribution is 2.31. The third-order valence-electron chi connectivity index (χ3n) is 7.16. The Labute approximate surface area is 259 Å². The highest BCUT2D eigenvalue weighted by molar-refractivity contribution is 7.92. The fourth-order valence-electron chi connectivity index (χ4n) is 4.97. The number of pyridine rings is 1. The third-order valence-corrected chi connectivity index (χ3v) is 8.44. The van der Waals surface area contributed by atoms with Crippen molar-refractivity contribution in [3.63, 3.8) is 0 Å². The largest absolute Gasteiger partial charge is 0.444 e. The van der Waals surface area contributed by atoms with Gasteiger partial charge in [-0.25, -0.2) is 32.6 Å². The van der Waals surface area contributed by atoms with E-state index in [1.807, 2.05) is 39.3 Å². The maximum absolute atomic E-state index is 14.9. The number of rotatable bonds is 9. The molecule has 1 saturated carbocycles. The van der Waals surface area contributed by atoms with Crippen LogP contribution in [-0.2, 0) is 14.8 Å². The number of carbonyl (C=O) groups excluding carboxylic acids is 1. The molecule has 0 atom stereocenters. The second kappa shape index (κ2) is 13.3. The molecule has 1 aliphatic carbocycles. The molecule has 45 heavy (non-hydrogen) atoms. The van der Waals surface area contributed by atoms with Gasteiger partial charge in [-0.3, -0.25) is 4.72 Å². The number of nitrogens with one attached hydrogen (secondary N) is 3. The van der Waals surface area contributed by atoms with Gasteiger partial charge >= 0.3 is 12.3 Å². The molecule has 0 spiro atoms. The van der Waals surface area contributed by atoms with Crippen molar-refractivity contribution in [2.75, 3.05) is 15.8 Å². The molecule has 0 aliphatic heterocycles. The summed E-state index contributed by atoms with van der Waals surface area (Å²) in [4.78, 5) is 25.9. The Bertz CT molecular complexity index is 1640. The fraction of sp³-hybridized carbons (Fsp3) is 0.533. The van der Waals surface area contributed by atoms with Crippen LogP contribution in [0.2, 0.25) is 0 Å². The normalized spacial score (nSPS) is 17.7. The number of carbonyl (C=O) groups is 1. The van der Waals surface area contributed by atoms with Crippen LogP contribution in [0.1, 0.15) is 78.2 Å². The van der Waals surface area contributed by atoms with Crippen LogP contribution >= 0.6 is 0 Å². The van der Waals surface area contributed by atoms with Crippen molar-refractivity contribution in [1.82, 2.24) is 20.3 Å². The van der Waals surface area contributed by atoms with Gasteiger partial charge in [0.05, 0.1) is 35.3 Å². The molecule has 246 valence electrons. The molecule has 1 fully saturated rings. The average Bonchev–Trinajstić information content (AvgIpc) is 2.92. The molecule has 4 rings (SSSR count). The lowest BCUT2D eigenvalue weighted by molar-refractivity contribution is -0.129. The first-order valence-corrected chi connectivity index (χ1v) is 16.3. The Balaban J connectivity index is 1.47. The van der Waals surface area contributed by atoms with E-state index in [-0.39, 0.29) is 18.0 Å². The van der Waals surface area contributed by atoms with E-state index in [1.165, 1.54) is 6.07 Å². The zero-order valence-electron chi connectivity index (χ0n) is 25.8. The summed E-state index contributed by atoms with van der Waals surface area (Å²) in [6.07, 6.45) is -1.90. The molecule has 1 aliphatic rings. The minimum absolute atomic E-state index is 0.0101. The van der Waals surface area contributed by atoms with Crippen molar-refractivity contribution in [1.29, 1.82) is 0 Å². The number of alkyl halides is 3. The molecule has 0 unspecified atom stereocenters. The number of halogens is 4. The van der Waals surface area contributed by atoms with Crippen LogP contribution in [0.15, 0.2) is 30.5 Å². The van der Waals surface area contributed by atoms with Crippen LogP contribution < -0.4 is 15.4 Å². The minimum atomic E-state index is -4.66. The highest BCUT2D eigenvalue weighted by Gasteiger charge is 2.30. The Kier molecular flexibility index (Phi) is 10.1. The van der Waals surface area contributed by atoms with E-state index >= 15 is 0 Å². The number of ether oxygens (including phenoxy) is 1. The van der Waals surface area contributed by atoms with Crippen molar-refractivity contribution < 1.29 is 35.5 Å². The summed E-state index contributed by atoms with van der Waals surface area (Å²) in [5.41, 5.74) is 1.66. The molecule has 0 radical (unpaired) electrons. The van der Waals surface area contributed by atoms with E-state index in [4.69, 9.17) is 9.72 Å². The van der Waals surface area contributed by atoms with Gasteiger partial charge in [0.2, 0.25) is 16.0 Å². The van der Waals surface area contributed by atoms with Crippen molar-refractivity contribution in [3.8, 4) is 11.3 Å². The number of hydrogen-bond acceptors (Lipinski definition) is 8. The lowest BCUT2D eigenvalue weighted by Gasteiger charge is -2.30. The van der Waals surface area contributed by atoms with Gasteiger partial charge in [-0.05, 0) is 76.1 Å². The summed E-state index contributed by atoms with van der Waals surface area (Å²) in [6, 6.07) is 5.58. The van der Waals surface area contributed by atoms with Gasteiger partial charge in [0.15, 0.2) is 0 Å². The number of amides is 1. The van der Waals surface area contributed by atoms with Gasteiger partial charge in [0.1, 0.15) is 16.9 Å². The summed E-state index contributed by atoms with van der Waals surface area (Å²) in [5, 5.41) is 6.31. The summed E-state index contributed by atoms with van der Waals surface area (Å²) >= 11 is 0. The van der Waals surface area contributed by atoms with Gasteiger partial charge in [-0.2, -0.15) is 13.2 Å². The zero-order chi connectivity index (χ0) is 33.2. The minimum Gasteiger partial charge on any atom is -0.444 e. The van der Waals surface area contributed by atoms with E-state index < -0.39 is 51.6 Å². The summed E-state index contributed by atoms with van der Waals surface area (Å²) in [7, 11) is -4.41. The molecule has 3 N–H and O–H groups in total. The quantitative estimate of drug-likeness (QED) is 0.212. The van der Waals surface area contributed by atoms with Gasteiger partial charge in [-0.15, -0.1) is 0 Å². The molecular weight excluding hydrogens is 616 g/mol. The Morgan fingerprint density at radius 1 is 1.04 bits per heavy atom. The van der Waals surface area contributed by atoms with Crippen LogP contribution in [0.3, 0.4) is 0 Å². The average molecular weight is 655 g/mol. The van der Waals surface area contributed by atoms with Crippen LogP contribution in [-0.4, -0.2) is 59.1 Å². The SMILES string of the molecule is CC(C)c1cc(-c2ccc(NS(=O)(=O)CCC(F)(F)F)c(F)c2)nc2cnc(N[C@H]3CC[C@H](NC(=O)OC(C)(C)C)CC3)nc12. The fourth-order valence-corrected chi connectivity index (χ4v) is 6.07. The Morgan fingerprint density at radius 3 is 2.31 bits per heavy atom. The highest BCUT2D eigenvalue weighted by atomic mass is 32.2. The lowest BCUT2D eigenvalue weighted by Crippen LogP contribution is -2.42. The molecule has 1 aromatic carbocycles. The van der Waals surface area contributed by atoms with Gasteiger partial charge in [-0.1, -0.05) is 19.9 Å². The first kappa shape index (κ1) is 34.1. The van der Waals surface area contributed by atoms with Crippen LogP contribution in [0, 0.1) is 5.82 Å². The first-order chi connectivity index (χ1) is 20.9. The van der Waals surface area contributed by atoms with Gasteiger partial charge < -0.3 is 15.4 Å². The predicted molar refractivity (Wildman–Crippen MR) is 164 cm³/mol. The molecule has 10 nitrogen and oxygen atoms in total. The molecule has 2 heterocycles. The molecule has 0 bridgehead atoms. The number of benzene rings is 1. The second-order valence-corrected chi connectivity index (χ2v) is 14.3. The van der Waals surface area contributed by atoms with Gasteiger partial charge in [0, 0.05) is 17.6 Å². The number of fused-ring (bicyclic) bond motifs is 1. The van der Waals surface area contributed by atoms with E-state index in [0.717, 1.165) is 43.4 Å². The number of anilines is 2. The topological polar surface area (TPSA) is 135 Å². The van der Waals surface area contributed by atoms with E-state index in [1.54, 1.807) is 12.3 Å². The molecule has 2 aromatic heterocycles. The molecular formula is C30H38F4N6O4S. The molecule has 1 amide bonds. The van der Waals surface area contributed by atoms with Crippen molar-refractivity contribution in [2.45, 2.75) is 96.5 Å². The number of alkyl carbamates (subject to hydrolysis) is 1. The molecule has 15 heteroatoms. The number of sulfonamides is 1. The Morgan fingerprint density at radius 2 is 1.71 bits per heavy atom. The zero-order valence-corrected chi connectivity index (χ0v) is 26.6. The molecule has 3 aromatic rings.